The first kappa shape index (κ1) is 54.3. The van der Waals surface area contributed by atoms with Gasteiger partial charge in [0.05, 0.1) is 28.5 Å². The number of carbonyl (C=O) groups excluding carboxylic acids is 3. The molecule has 0 aromatic rings. The summed E-state index contributed by atoms with van der Waals surface area (Å²) < 4.78 is 25.4. The van der Waals surface area contributed by atoms with Crippen LogP contribution in [-0.4, -0.2) is 52.7 Å². The molecule has 8 saturated carbocycles. The molecule has 0 aromatic heterocycles. The fourth-order valence-electron chi connectivity index (χ4n) is 14.3. The molecule has 1 heterocycles. The molecule has 8 aliphatic carbocycles. The van der Waals surface area contributed by atoms with E-state index in [9.17, 15) is 19.5 Å². The van der Waals surface area contributed by atoms with Crippen LogP contribution in [0.15, 0.2) is 0 Å². The average Bonchev–Trinajstić information content (AvgIpc) is 3.05. The molecule has 1 aliphatic heterocycles. The molecule has 58 heavy (non-hydrogen) atoms. The number of carbonyl (C=O) groups is 3. The van der Waals surface area contributed by atoms with Crippen LogP contribution < -0.4 is 0 Å². The third-order valence-electron chi connectivity index (χ3n) is 16.0. The van der Waals surface area contributed by atoms with Crippen molar-refractivity contribution in [3.8, 4) is 0 Å². The van der Waals surface area contributed by atoms with E-state index in [1.807, 2.05) is 34.6 Å². The van der Waals surface area contributed by atoms with Crippen LogP contribution in [0.25, 0.3) is 0 Å². The SMILES string of the molecule is C.C.C.C.C.C.CCC(C)(CC(C)(CC(C)(C)C(=O)OC1CCCCO1)C(=O)OC12CC3CC(CC(O)(C3)C1)C2)C(=O)OC(CC)(CC)C12CC3CC(CC(C3)C1)C2. The van der Waals surface area contributed by atoms with Crippen molar-refractivity contribution in [2.75, 3.05) is 6.61 Å². The maximum absolute atomic E-state index is 15.0. The van der Waals surface area contributed by atoms with Crippen LogP contribution in [0.4, 0.5) is 0 Å². The van der Waals surface area contributed by atoms with Crippen LogP contribution in [0.2, 0.25) is 0 Å². The van der Waals surface area contributed by atoms with Crippen molar-refractivity contribution >= 4 is 17.9 Å². The Morgan fingerprint density at radius 2 is 1.16 bits per heavy atom. The van der Waals surface area contributed by atoms with E-state index in [1.165, 1.54) is 19.3 Å². The highest BCUT2D eigenvalue weighted by atomic mass is 16.7. The summed E-state index contributed by atoms with van der Waals surface area (Å²) in [5.41, 5.74) is -5.26. The minimum Gasteiger partial charge on any atom is -0.459 e. The Bertz CT molecular complexity index is 1330. The maximum Gasteiger partial charge on any atom is 0.313 e. The van der Waals surface area contributed by atoms with Crippen molar-refractivity contribution in [3.05, 3.63) is 0 Å². The molecule has 8 heteroatoms. The van der Waals surface area contributed by atoms with Gasteiger partial charge in [-0.3, -0.25) is 14.4 Å². The van der Waals surface area contributed by atoms with E-state index in [0.29, 0.717) is 37.7 Å². The molecule has 342 valence electrons. The molecule has 9 rings (SSSR count). The van der Waals surface area contributed by atoms with Gasteiger partial charge in [-0.25, -0.2) is 0 Å². The molecule has 5 unspecified atom stereocenters. The van der Waals surface area contributed by atoms with Gasteiger partial charge in [0.15, 0.2) is 0 Å². The lowest BCUT2D eigenvalue weighted by atomic mass is 9.44. The monoisotopic (exact) mass is 823 g/mol. The standard InChI is InChI=1S/C44H70O8.6CH4/c1-8-39(6,36(46)52-44(9-2,10-3)41-19-29-15-30(20-41)17-31(16-29)21-41)27-40(7,26-38(4,5)35(45)50-34-13-11-12-14-49-34)37(47)51-43-24-32-18-33(25-43)23-42(48,22-32)28-43;;;;;;/h29-34,48H,8-28H2,1-7H3;6*1H4. The normalized spacial score (nSPS) is 36.0. The Kier molecular flexibility index (Phi) is 18.0. The average molecular weight is 823 g/mol. The van der Waals surface area contributed by atoms with Crippen molar-refractivity contribution in [1.82, 2.24) is 0 Å². The zero-order chi connectivity index (χ0) is 37.4. The maximum atomic E-state index is 15.0. The minimum absolute atomic E-state index is 0. The highest BCUT2D eigenvalue weighted by molar-refractivity contribution is 5.83. The third kappa shape index (κ3) is 9.84. The van der Waals surface area contributed by atoms with E-state index < -0.39 is 45.3 Å². The summed E-state index contributed by atoms with van der Waals surface area (Å²) in [4.78, 5) is 43.7. The fourth-order valence-corrected chi connectivity index (χ4v) is 14.3. The van der Waals surface area contributed by atoms with Crippen LogP contribution >= 0.6 is 0 Å². The summed E-state index contributed by atoms with van der Waals surface area (Å²) in [6.07, 6.45) is 16.5. The van der Waals surface area contributed by atoms with Crippen molar-refractivity contribution in [2.45, 2.75) is 245 Å². The number of ether oxygens (including phenoxy) is 4. The summed E-state index contributed by atoms with van der Waals surface area (Å²) in [6, 6.07) is 0. The summed E-state index contributed by atoms with van der Waals surface area (Å²) >= 11 is 0. The van der Waals surface area contributed by atoms with Crippen molar-refractivity contribution in [3.63, 3.8) is 0 Å². The predicted octanol–water partition coefficient (Wildman–Crippen LogP) is 13.0. The van der Waals surface area contributed by atoms with Crippen LogP contribution in [0.5, 0.6) is 0 Å². The first-order valence-electron chi connectivity index (χ1n) is 21.4. The Balaban J connectivity index is 0.00000280. The van der Waals surface area contributed by atoms with Gasteiger partial charge in [-0.15, -0.1) is 0 Å². The quantitative estimate of drug-likeness (QED) is 0.136. The molecule has 5 atom stereocenters. The molecule has 1 N–H and O–H groups in total. The zero-order valence-corrected chi connectivity index (χ0v) is 33.6. The van der Waals surface area contributed by atoms with Crippen LogP contribution in [0, 0.1) is 51.2 Å². The Labute approximate surface area is 357 Å². The lowest BCUT2D eigenvalue weighted by Gasteiger charge is -2.63. The van der Waals surface area contributed by atoms with Crippen molar-refractivity contribution in [1.29, 1.82) is 0 Å². The van der Waals surface area contributed by atoms with Gasteiger partial charge in [0.1, 0.15) is 11.2 Å². The molecule has 0 radical (unpaired) electrons. The first-order chi connectivity index (χ1) is 24.4. The number of hydrogen-bond donors (Lipinski definition) is 1. The molecule has 0 amide bonds. The summed E-state index contributed by atoms with van der Waals surface area (Å²) in [5.74, 6) is 1.91. The number of hydrogen-bond acceptors (Lipinski definition) is 8. The molecule has 9 aliphatic rings. The van der Waals surface area contributed by atoms with E-state index in [0.717, 1.165) is 94.8 Å². The van der Waals surface area contributed by atoms with E-state index in [-0.39, 0.29) is 74.8 Å². The molecule has 0 aromatic carbocycles. The Morgan fingerprint density at radius 1 is 0.638 bits per heavy atom. The van der Waals surface area contributed by atoms with Crippen molar-refractivity contribution in [2.24, 2.45) is 51.2 Å². The lowest BCUT2D eigenvalue weighted by molar-refractivity contribution is -0.230. The van der Waals surface area contributed by atoms with Gasteiger partial charge in [0, 0.05) is 18.3 Å². The predicted molar refractivity (Wildman–Crippen MR) is 238 cm³/mol. The summed E-state index contributed by atoms with van der Waals surface area (Å²) in [7, 11) is 0. The van der Waals surface area contributed by atoms with Gasteiger partial charge in [0.2, 0.25) is 6.29 Å². The molecular weight excluding hydrogens is 729 g/mol. The summed E-state index contributed by atoms with van der Waals surface area (Å²) in [6.45, 7) is 14.5. The molecule has 9 fully saturated rings. The van der Waals surface area contributed by atoms with Gasteiger partial charge in [-0.05, 0) is 173 Å². The van der Waals surface area contributed by atoms with Gasteiger partial charge in [-0.1, -0.05) is 65.3 Å². The van der Waals surface area contributed by atoms with Gasteiger partial charge in [-0.2, -0.15) is 0 Å². The number of rotatable bonds is 14. The second kappa shape index (κ2) is 19.2. The largest absolute Gasteiger partial charge is 0.459 e. The highest BCUT2D eigenvalue weighted by Gasteiger charge is 2.63. The fraction of sp³-hybridized carbons (Fsp3) is 0.940. The van der Waals surface area contributed by atoms with E-state index in [1.54, 1.807) is 0 Å². The third-order valence-corrected chi connectivity index (χ3v) is 16.0. The van der Waals surface area contributed by atoms with Gasteiger partial charge >= 0.3 is 17.9 Å². The van der Waals surface area contributed by atoms with Crippen LogP contribution in [0.1, 0.15) is 221 Å². The number of esters is 3. The molecule has 0 spiro atoms. The first-order valence-corrected chi connectivity index (χ1v) is 21.4. The molecule has 8 nitrogen and oxygen atoms in total. The van der Waals surface area contributed by atoms with Gasteiger partial charge in [0.25, 0.3) is 0 Å². The second-order valence-electron chi connectivity index (χ2n) is 21.0. The Hall–Kier alpha value is -1.67. The second-order valence-corrected chi connectivity index (χ2v) is 21.0. The highest BCUT2D eigenvalue weighted by Crippen LogP contribution is 2.66. The smallest absolute Gasteiger partial charge is 0.313 e. The van der Waals surface area contributed by atoms with Crippen LogP contribution in [-0.2, 0) is 33.3 Å². The lowest BCUT2D eigenvalue weighted by Crippen LogP contribution is -2.61. The van der Waals surface area contributed by atoms with E-state index in [4.69, 9.17) is 18.9 Å². The molecule has 1 saturated heterocycles. The van der Waals surface area contributed by atoms with Crippen LogP contribution in [0.3, 0.4) is 0 Å². The summed E-state index contributed by atoms with van der Waals surface area (Å²) in [5, 5.41) is 11.5. The molecule has 8 bridgehead atoms. The topological polar surface area (TPSA) is 108 Å². The zero-order valence-electron chi connectivity index (χ0n) is 33.6. The van der Waals surface area contributed by atoms with Crippen molar-refractivity contribution < 1.29 is 38.4 Å². The molecular formula is C50H94O8. The van der Waals surface area contributed by atoms with E-state index in [2.05, 4.69) is 13.8 Å². The minimum atomic E-state index is -1.20. The van der Waals surface area contributed by atoms with E-state index >= 15 is 0 Å². The Morgan fingerprint density at radius 3 is 1.60 bits per heavy atom. The number of aliphatic hydroxyl groups is 1. The van der Waals surface area contributed by atoms with Gasteiger partial charge < -0.3 is 24.1 Å².